The summed E-state index contributed by atoms with van der Waals surface area (Å²) in [6.45, 7) is 8.64. The number of carbonyl (C=O) groups is 2. The van der Waals surface area contributed by atoms with E-state index in [2.05, 4.69) is 11.8 Å². The summed E-state index contributed by atoms with van der Waals surface area (Å²) in [4.78, 5) is 30.6. The second-order valence-electron chi connectivity index (χ2n) is 8.56. The fourth-order valence-electron chi connectivity index (χ4n) is 4.41. The van der Waals surface area contributed by atoms with E-state index >= 15 is 0 Å². The molecule has 2 amide bonds. The Morgan fingerprint density at radius 2 is 1.71 bits per heavy atom. The maximum atomic E-state index is 13.5. The number of amides is 2. The molecule has 2 aliphatic rings. The first-order valence-corrected chi connectivity index (χ1v) is 11.1. The van der Waals surface area contributed by atoms with Crippen LogP contribution in [0.15, 0.2) is 54.2 Å². The standard InChI is InChI=1S/C26H30N2O3/c1-4-31-22-13-11-21(12-14-22)23-24(27-15-5-6-19(3)16-27)26(30)28(25(23)29)17-20-9-7-18(2)8-10-20/h7-14,19H,4-6,15-17H2,1-3H3. The summed E-state index contributed by atoms with van der Waals surface area (Å²) in [5.41, 5.74) is 3.93. The van der Waals surface area contributed by atoms with E-state index in [0.717, 1.165) is 48.4 Å². The second kappa shape index (κ2) is 8.96. The quantitative estimate of drug-likeness (QED) is 0.652. The molecule has 0 bridgehead atoms. The Kier molecular flexibility index (Phi) is 6.12. The van der Waals surface area contributed by atoms with Crippen molar-refractivity contribution in [3.8, 4) is 5.75 Å². The van der Waals surface area contributed by atoms with Crippen molar-refractivity contribution in [2.75, 3.05) is 19.7 Å². The van der Waals surface area contributed by atoms with Crippen molar-refractivity contribution < 1.29 is 14.3 Å². The number of hydrogen-bond donors (Lipinski definition) is 0. The van der Waals surface area contributed by atoms with Crippen molar-refractivity contribution in [1.82, 2.24) is 9.80 Å². The Morgan fingerprint density at radius 1 is 1.00 bits per heavy atom. The Hall–Kier alpha value is -3.08. The Labute approximate surface area is 184 Å². The van der Waals surface area contributed by atoms with Gasteiger partial charge in [-0.1, -0.05) is 48.9 Å². The molecule has 1 fully saturated rings. The number of benzene rings is 2. The number of hydrogen-bond acceptors (Lipinski definition) is 4. The molecule has 2 heterocycles. The first-order chi connectivity index (χ1) is 15.0. The molecule has 0 saturated carbocycles. The fourth-order valence-corrected chi connectivity index (χ4v) is 4.41. The third kappa shape index (κ3) is 4.36. The van der Waals surface area contributed by atoms with Gasteiger partial charge >= 0.3 is 0 Å². The van der Waals surface area contributed by atoms with Crippen LogP contribution in [0.5, 0.6) is 5.75 Å². The Balaban J connectivity index is 1.70. The third-order valence-corrected chi connectivity index (χ3v) is 6.03. The number of aryl methyl sites for hydroxylation is 1. The van der Waals surface area contributed by atoms with Crippen LogP contribution >= 0.6 is 0 Å². The highest BCUT2D eigenvalue weighted by atomic mass is 16.5. The molecule has 1 atom stereocenters. The molecule has 0 aliphatic carbocycles. The third-order valence-electron chi connectivity index (χ3n) is 6.03. The average molecular weight is 419 g/mol. The minimum atomic E-state index is -0.219. The van der Waals surface area contributed by atoms with Gasteiger partial charge in [0, 0.05) is 13.1 Å². The van der Waals surface area contributed by atoms with E-state index < -0.39 is 0 Å². The molecule has 2 aromatic rings. The lowest BCUT2D eigenvalue weighted by Crippen LogP contribution is -2.39. The van der Waals surface area contributed by atoms with Gasteiger partial charge in [0.2, 0.25) is 0 Å². The van der Waals surface area contributed by atoms with Crippen molar-refractivity contribution in [3.63, 3.8) is 0 Å². The maximum Gasteiger partial charge on any atom is 0.278 e. The van der Waals surface area contributed by atoms with Crippen molar-refractivity contribution in [2.45, 2.75) is 40.2 Å². The van der Waals surface area contributed by atoms with Crippen LogP contribution in [0, 0.1) is 12.8 Å². The Morgan fingerprint density at radius 3 is 2.35 bits per heavy atom. The lowest BCUT2D eigenvalue weighted by atomic mass is 9.97. The molecule has 5 heteroatoms. The van der Waals surface area contributed by atoms with E-state index in [0.29, 0.717) is 23.8 Å². The molecular weight excluding hydrogens is 388 g/mol. The van der Waals surface area contributed by atoms with Crippen LogP contribution in [0.4, 0.5) is 0 Å². The molecule has 0 radical (unpaired) electrons. The highest BCUT2D eigenvalue weighted by Crippen LogP contribution is 2.35. The summed E-state index contributed by atoms with van der Waals surface area (Å²) < 4.78 is 5.55. The van der Waals surface area contributed by atoms with Gasteiger partial charge in [-0.3, -0.25) is 14.5 Å². The maximum absolute atomic E-state index is 13.5. The van der Waals surface area contributed by atoms with E-state index in [-0.39, 0.29) is 18.4 Å². The van der Waals surface area contributed by atoms with Gasteiger partial charge in [0.15, 0.2) is 0 Å². The van der Waals surface area contributed by atoms with Gasteiger partial charge in [-0.2, -0.15) is 0 Å². The molecule has 1 unspecified atom stereocenters. The zero-order chi connectivity index (χ0) is 22.0. The van der Waals surface area contributed by atoms with E-state index in [1.165, 1.54) is 4.90 Å². The zero-order valence-electron chi connectivity index (χ0n) is 18.6. The topological polar surface area (TPSA) is 49.9 Å². The number of likely N-dealkylation sites (tertiary alicyclic amines) is 1. The molecular formula is C26H30N2O3. The highest BCUT2D eigenvalue weighted by molar-refractivity contribution is 6.35. The Bertz CT molecular complexity index is 992. The molecule has 2 aliphatic heterocycles. The van der Waals surface area contributed by atoms with Gasteiger partial charge in [-0.15, -0.1) is 0 Å². The number of imide groups is 1. The fraction of sp³-hybridized carbons (Fsp3) is 0.385. The van der Waals surface area contributed by atoms with E-state index in [9.17, 15) is 9.59 Å². The van der Waals surface area contributed by atoms with E-state index in [1.54, 1.807) is 0 Å². The van der Waals surface area contributed by atoms with Gasteiger partial charge in [-0.25, -0.2) is 0 Å². The molecule has 4 rings (SSSR count). The zero-order valence-corrected chi connectivity index (χ0v) is 18.6. The van der Waals surface area contributed by atoms with Gasteiger partial charge in [-0.05, 0) is 55.9 Å². The van der Waals surface area contributed by atoms with Gasteiger partial charge in [0.1, 0.15) is 11.4 Å². The number of ether oxygens (including phenoxy) is 1. The van der Waals surface area contributed by atoms with Crippen LogP contribution in [-0.2, 0) is 16.1 Å². The SMILES string of the molecule is CCOc1ccc(C2=C(N3CCCC(C)C3)C(=O)N(Cc3ccc(C)cc3)C2=O)cc1. The molecule has 31 heavy (non-hydrogen) atoms. The summed E-state index contributed by atoms with van der Waals surface area (Å²) in [6, 6.07) is 15.5. The number of carbonyl (C=O) groups excluding carboxylic acids is 2. The van der Waals surface area contributed by atoms with Crippen LogP contribution in [0.25, 0.3) is 5.57 Å². The van der Waals surface area contributed by atoms with Crippen LogP contribution in [0.3, 0.4) is 0 Å². The summed E-state index contributed by atoms with van der Waals surface area (Å²) in [5.74, 6) is 0.844. The summed E-state index contributed by atoms with van der Waals surface area (Å²) in [5, 5.41) is 0. The van der Waals surface area contributed by atoms with Crippen LogP contribution in [0.1, 0.15) is 43.4 Å². The molecule has 1 saturated heterocycles. The predicted molar refractivity (Wildman–Crippen MR) is 121 cm³/mol. The predicted octanol–water partition coefficient (Wildman–Crippen LogP) is 4.41. The lowest BCUT2D eigenvalue weighted by molar-refractivity contribution is -0.138. The molecule has 2 aromatic carbocycles. The largest absolute Gasteiger partial charge is 0.494 e. The molecule has 0 aromatic heterocycles. The number of piperidine rings is 1. The molecule has 0 spiro atoms. The van der Waals surface area contributed by atoms with E-state index in [4.69, 9.17) is 4.74 Å². The molecule has 162 valence electrons. The summed E-state index contributed by atoms with van der Waals surface area (Å²) >= 11 is 0. The van der Waals surface area contributed by atoms with Crippen LogP contribution in [0.2, 0.25) is 0 Å². The number of nitrogens with zero attached hydrogens (tertiary/aromatic N) is 2. The lowest BCUT2D eigenvalue weighted by Gasteiger charge is -2.33. The van der Waals surface area contributed by atoms with E-state index in [1.807, 2.05) is 62.4 Å². The summed E-state index contributed by atoms with van der Waals surface area (Å²) in [6.07, 6.45) is 2.18. The highest BCUT2D eigenvalue weighted by Gasteiger charge is 2.42. The van der Waals surface area contributed by atoms with Gasteiger partial charge in [0.05, 0.1) is 18.7 Å². The first kappa shape index (κ1) is 21.2. The smallest absolute Gasteiger partial charge is 0.278 e. The normalized spacial score (nSPS) is 19.4. The van der Waals surface area contributed by atoms with Crippen molar-refractivity contribution in [1.29, 1.82) is 0 Å². The molecule has 5 nitrogen and oxygen atoms in total. The summed E-state index contributed by atoms with van der Waals surface area (Å²) in [7, 11) is 0. The monoisotopic (exact) mass is 418 g/mol. The van der Waals surface area contributed by atoms with Gasteiger partial charge in [0.25, 0.3) is 11.8 Å². The first-order valence-electron chi connectivity index (χ1n) is 11.1. The van der Waals surface area contributed by atoms with Crippen molar-refractivity contribution >= 4 is 17.4 Å². The minimum absolute atomic E-state index is 0.191. The average Bonchev–Trinajstić information content (AvgIpc) is 3.01. The molecule has 0 N–H and O–H groups in total. The minimum Gasteiger partial charge on any atom is -0.494 e. The van der Waals surface area contributed by atoms with Crippen LogP contribution in [-0.4, -0.2) is 41.3 Å². The van der Waals surface area contributed by atoms with Crippen molar-refractivity contribution in [3.05, 3.63) is 70.9 Å². The second-order valence-corrected chi connectivity index (χ2v) is 8.56. The van der Waals surface area contributed by atoms with Gasteiger partial charge < -0.3 is 9.64 Å². The van der Waals surface area contributed by atoms with Crippen LogP contribution < -0.4 is 4.74 Å². The number of rotatable bonds is 6. The van der Waals surface area contributed by atoms with Crippen molar-refractivity contribution in [2.24, 2.45) is 5.92 Å².